The van der Waals surface area contributed by atoms with E-state index < -0.39 is 11.7 Å². The molecule has 0 aromatic heterocycles. The lowest BCUT2D eigenvalue weighted by Gasteiger charge is -2.16. The van der Waals surface area contributed by atoms with E-state index in [1.165, 1.54) is 11.6 Å². The van der Waals surface area contributed by atoms with Gasteiger partial charge in [-0.1, -0.05) is 36.4 Å². The number of alkyl halides is 3. The number of rotatable bonds is 6. The lowest BCUT2D eigenvalue weighted by atomic mass is 10.1. The van der Waals surface area contributed by atoms with Gasteiger partial charge in [0.1, 0.15) is 0 Å². The molecule has 0 bridgehead atoms. The fourth-order valence-corrected chi connectivity index (χ4v) is 2.67. The van der Waals surface area contributed by atoms with Crippen molar-refractivity contribution < 1.29 is 13.2 Å². The summed E-state index contributed by atoms with van der Waals surface area (Å²) >= 11 is 0. The third-order valence-electron chi connectivity index (χ3n) is 3.99. The zero-order valence-corrected chi connectivity index (χ0v) is 15.8. The van der Waals surface area contributed by atoms with Crippen molar-refractivity contribution >= 4 is 5.96 Å². The van der Waals surface area contributed by atoms with Crippen LogP contribution in [0, 0.1) is 0 Å². The first-order chi connectivity index (χ1) is 12.8. The van der Waals surface area contributed by atoms with Crippen LogP contribution in [0.25, 0.3) is 0 Å². The van der Waals surface area contributed by atoms with E-state index in [-0.39, 0.29) is 6.54 Å². The highest BCUT2D eigenvalue weighted by atomic mass is 19.4. The van der Waals surface area contributed by atoms with Crippen LogP contribution in [0.5, 0.6) is 0 Å². The van der Waals surface area contributed by atoms with Crippen LogP contribution < -0.4 is 10.6 Å². The molecule has 2 rings (SSSR count). The first-order valence-corrected chi connectivity index (χ1v) is 8.61. The minimum atomic E-state index is -4.34. The normalized spacial score (nSPS) is 12.3. The van der Waals surface area contributed by atoms with Gasteiger partial charge in [-0.3, -0.25) is 4.99 Å². The van der Waals surface area contributed by atoms with E-state index in [0.717, 1.165) is 24.2 Å². The predicted octanol–water partition coefficient (Wildman–Crippen LogP) is 3.63. The predicted molar refractivity (Wildman–Crippen MR) is 102 cm³/mol. The van der Waals surface area contributed by atoms with Crippen molar-refractivity contribution in [1.29, 1.82) is 0 Å². The van der Waals surface area contributed by atoms with Crippen LogP contribution in [0.1, 0.15) is 22.3 Å². The van der Waals surface area contributed by atoms with Crippen LogP contribution >= 0.6 is 0 Å². The Bertz CT molecular complexity index is 770. The minimum absolute atomic E-state index is 0.253. The second-order valence-corrected chi connectivity index (χ2v) is 6.48. The summed E-state index contributed by atoms with van der Waals surface area (Å²) in [6, 6.07) is 13.4. The molecule has 0 heterocycles. The number of guanidine groups is 1. The topological polar surface area (TPSA) is 39.7 Å². The van der Waals surface area contributed by atoms with Gasteiger partial charge in [0.2, 0.25) is 0 Å². The van der Waals surface area contributed by atoms with Crippen molar-refractivity contribution in [2.24, 2.45) is 4.99 Å². The molecule has 146 valence electrons. The van der Waals surface area contributed by atoms with Crippen LogP contribution in [0.2, 0.25) is 0 Å². The summed E-state index contributed by atoms with van der Waals surface area (Å²) in [6.07, 6.45) is -4.34. The molecule has 27 heavy (non-hydrogen) atoms. The number of halogens is 3. The van der Waals surface area contributed by atoms with Crippen LogP contribution in [-0.2, 0) is 25.8 Å². The maximum atomic E-state index is 12.8. The second kappa shape index (κ2) is 9.41. The van der Waals surface area contributed by atoms with Crippen molar-refractivity contribution in [3.63, 3.8) is 0 Å². The first kappa shape index (κ1) is 20.8. The van der Waals surface area contributed by atoms with Gasteiger partial charge in [0.05, 0.1) is 5.56 Å². The number of benzene rings is 2. The molecule has 0 atom stereocenters. The Labute approximate surface area is 158 Å². The largest absolute Gasteiger partial charge is 0.416 e. The second-order valence-electron chi connectivity index (χ2n) is 6.48. The number of nitrogens with one attached hydrogen (secondary N) is 2. The summed E-state index contributed by atoms with van der Waals surface area (Å²) in [5, 5.41) is 6.27. The van der Waals surface area contributed by atoms with Gasteiger partial charge in [-0.05, 0) is 42.9 Å². The molecule has 0 unspecified atom stereocenters. The van der Waals surface area contributed by atoms with Crippen molar-refractivity contribution in [2.75, 3.05) is 21.1 Å². The Kier molecular flexibility index (Phi) is 7.24. The van der Waals surface area contributed by atoms with Crippen LogP contribution in [0.15, 0.2) is 53.5 Å². The third-order valence-corrected chi connectivity index (χ3v) is 3.99. The molecule has 0 aliphatic heterocycles. The van der Waals surface area contributed by atoms with Gasteiger partial charge in [-0.25, -0.2) is 0 Å². The molecule has 0 saturated heterocycles. The Morgan fingerprint density at radius 3 is 2.26 bits per heavy atom. The first-order valence-electron chi connectivity index (χ1n) is 8.61. The third kappa shape index (κ3) is 6.60. The lowest BCUT2D eigenvalue weighted by Crippen LogP contribution is -2.36. The van der Waals surface area contributed by atoms with Gasteiger partial charge in [-0.2, -0.15) is 13.2 Å². The molecule has 0 fully saturated rings. The molecule has 4 nitrogen and oxygen atoms in total. The van der Waals surface area contributed by atoms with Crippen molar-refractivity contribution in [2.45, 2.75) is 25.8 Å². The van der Waals surface area contributed by atoms with E-state index in [4.69, 9.17) is 0 Å². The zero-order chi connectivity index (χ0) is 19.9. The molecule has 0 spiro atoms. The SMILES string of the molecule is CN=C(NCc1cccc(C(F)(F)F)c1)NCc1ccccc1CN(C)C. The van der Waals surface area contributed by atoms with Gasteiger partial charge >= 0.3 is 6.18 Å². The van der Waals surface area contributed by atoms with Gasteiger partial charge in [0.25, 0.3) is 0 Å². The Morgan fingerprint density at radius 2 is 1.63 bits per heavy atom. The molecule has 0 aliphatic rings. The fourth-order valence-electron chi connectivity index (χ4n) is 2.67. The monoisotopic (exact) mass is 378 g/mol. The maximum Gasteiger partial charge on any atom is 0.416 e. The molecular formula is C20H25F3N4. The average Bonchev–Trinajstić information content (AvgIpc) is 2.62. The van der Waals surface area contributed by atoms with Crippen molar-refractivity contribution in [3.8, 4) is 0 Å². The van der Waals surface area contributed by atoms with Gasteiger partial charge < -0.3 is 15.5 Å². The Morgan fingerprint density at radius 1 is 0.963 bits per heavy atom. The summed E-state index contributed by atoms with van der Waals surface area (Å²) in [6.45, 7) is 1.66. The molecule has 0 aliphatic carbocycles. The summed E-state index contributed by atoms with van der Waals surface area (Å²) < 4.78 is 38.4. The molecule has 2 N–H and O–H groups in total. The van der Waals surface area contributed by atoms with Gasteiger partial charge in [0.15, 0.2) is 5.96 Å². The number of nitrogens with zero attached hydrogens (tertiary/aromatic N) is 2. The van der Waals surface area contributed by atoms with E-state index in [9.17, 15) is 13.2 Å². The van der Waals surface area contributed by atoms with E-state index >= 15 is 0 Å². The van der Waals surface area contributed by atoms with E-state index in [2.05, 4.69) is 26.6 Å². The molecule has 0 amide bonds. The van der Waals surface area contributed by atoms with Gasteiger partial charge in [0, 0.05) is 26.7 Å². The standard InChI is InChI=1S/C20H25F3N4/c1-24-19(25-12-15-7-6-10-18(11-15)20(21,22)23)26-13-16-8-4-5-9-17(16)14-27(2)3/h4-11H,12-14H2,1-3H3,(H2,24,25,26). The number of aliphatic imine (C=N–C) groups is 1. The summed E-state index contributed by atoms with van der Waals surface area (Å²) in [5.41, 5.74) is 2.25. The van der Waals surface area contributed by atoms with Crippen LogP contribution in [0.4, 0.5) is 13.2 Å². The average molecular weight is 378 g/mol. The Balaban J connectivity index is 1.96. The van der Waals surface area contributed by atoms with Crippen LogP contribution in [-0.4, -0.2) is 32.0 Å². The lowest BCUT2D eigenvalue weighted by molar-refractivity contribution is -0.137. The molecule has 0 saturated carbocycles. The smallest absolute Gasteiger partial charge is 0.352 e. The minimum Gasteiger partial charge on any atom is -0.352 e. The molecule has 2 aromatic carbocycles. The number of hydrogen-bond acceptors (Lipinski definition) is 2. The molecule has 0 radical (unpaired) electrons. The highest BCUT2D eigenvalue weighted by Gasteiger charge is 2.30. The summed E-state index contributed by atoms with van der Waals surface area (Å²) in [4.78, 5) is 6.24. The molecule has 2 aromatic rings. The highest BCUT2D eigenvalue weighted by Crippen LogP contribution is 2.29. The Hall–Kier alpha value is -2.54. The van der Waals surface area contributed by atoms with E-state index in [0.29, 0.717) is 18.1 Å². The number of hydrogen-bond donors (Lipinski definition) is 2. The fraction of sp³-hybridized carbons (Fsp3) is 0.350. The van der Waals surface area contributed by atoms with Gasteiger partial charge in [-0.15, -0.1) is 0 Å². The maximum absolute atomic E-state index is 12.8. The summed E-state index contributed by atoms with van der Waals surface area (Å²) in [5.74, 6) is 0.534. The highest BCUT2D eigenvalue weighted by molar-refractivity contribution is 5.79. The quantitative estimate of drug-likeness (QED) is 0.596. The zero-order valence-electron chi connectivity index (χ0n) is 15.8. The van der Waals surface area contributed by atoms with E-state index in [1.54, 1.807) is 13.1 Å². The molecular weight excluding hydrogens is 353 g/mol. The van der Waals surface area contributed by atoms with Crippen LogP contribution in [0.3, 0.4) is 0 Å². The van der Waals surface area contributed by atoms with Crippen molar-refractivity contribution in [1.82, 2.24) is 15.5 Å². The summed E-state index contributed by atoms with van der Waals surface area (Å²) in [7, 11) is 5.66. The van der Waals surface area contributed by atoms with Crippen molar-refractivity contribution in [3.05, 3.63) is 70.8 Å². The molecule has 7 heteroatoms. The van der Waals surface area contributed by atoms with E-state index in [1.807, 2.05) is 32.3 Å².